The molecule has 1 aromatic carbocycles. The molecule has 164 valence electrons. The van der Waals surface area contributed by atoms with E-state index in [4.69, 9.17) is 16.3 Å². The normalized spacial score (nSPS) is 29.8. The number of likely N-dealkylation sites (tertiary alicyclic amines) is 1. The Labute approximate surface area is 184 Å². The van der Waals surface area contributed by atoms with Crippen LogP contribution < -0.4 is 0 Å². The molecular formula is C23H23ClF2N2O3. The smallest absolute Gasteiger partial charge is 0.257 e. The molecule has 5 nitrogen and oxygen atoms in total. The van der Waals surface area contributed by atoms with Gasteiger partial charge in [-0.15, -0.1) is 0 Å². The van der Waals surface area contributed by atoms with Crippen LogP contribution >= 0.6 is 11.6 Å². The van der Waals surface area contributed by atoms with Gasteiger partial charge in [0.2, 0.25) is 0 Å². The Kier molecular flexibility index (Phi) is 5.13. The van der Waals surface area contributed by atoms with E-state index in [0.717, 1.165) is 6.08 Å². The molecule has 3 saturated heterocycles. The van der Waals surface area contributed by atoms with Crippen LogP contribution in [0.25, 0.3) is 0 Å². The number of piperidine rings is 1. The van der Waals surface area contributed by atoms with E-state index in [9.17, 15) is 18.4 Å². The largest absolute Gasteiger partial charge is 0.342 e. The number of halogens is 3. The van der Waals surface area contributed by atoms with Gasteiger partial charge in [-0.2, -0.15) is 0 Å². The third-order valence-corrected chi connectivity index (χ3v) is 7.25. The van der Waals surface area contributed by atoms with Gasteiger partial charge in [0, 0.05) is 50.4 Å². The fraction of sp³-hybridized carbons (Fsp3) is 0.478. The van der Waals surface area contributed by atoms with E-state index in [-0.39, 0.29) is 36.4 Å². The lowest BCUT2D eigenvalue weighted by molar-refractivity contribution is -0.142. The molecule has 1 aliphatic carbocycles. The highest BCUT2D eigenvalue weighted by molar-refractivity contribution is 6.33. The van der Waals surface area contributed by atoms with Crippen molar-refractivity contribution in [1.82, 2.24) is 9.80 Å². The first-order chi connectivity index (χ1) is 14.9. The molecule has 0 aromatic heterocycles. The summed E-state index contributed by atoms with van der Waals surface area (Å²) in [6.07, 6.45) is 4.15. The highest BCUT2D eigenvalue weighted by atomic mass is 35.5. The number of allylic oxidation sites excluding steroid dienone is 3. The number of amides is 2. The molecule has 1 spiro atoms. The molecule has 31 heavy (non-hydrogen) atoms. The molecule has 0 N–H and O–H groups in total. The Morgan fingerprint density at radius 3 is 2.61 bits per heavy atom. The monoisotopic (exact) mass is 448 g/mol. The Hall–Kier alpha value is -2.25. The number of benzene rings is 1. The molecule has 5 rings (SSSR count). The summed E-state index contributed by atoms with van der Waals surface area (Å²) in [5.74, 6) is -1.75. The Bertz CT molecular complexity index is 987. The average Bonchev–Trinajstić information content (AvgIpc) is 3.26. The van der Waals surface area contributed by atoms with Crippen LogP contribution in [-0.2, 0) is 9.53 Å². The second-order valence-corrected chi connectivity index (χ2v) is 9.11. The SMILES string of the molecule is O=C(c1ccccc1Cl)N1CCC2(CC1)OC1CC[C@@H](C3C=C(F)C=C(F)C3)N1C2=O. The predicted octanol–water partition coefficient (Wildman–Crippen LogP) is 4.39. The van der Waals surface area contributed by atoms with Crippen LogP contribution in [0, 0.1) is 5.92 Å². The van der Waals surface area contributed by atoms with Crippen LogP contribution in [0.2, 0.25) is 5.02 Å². The summed E-state index contributed by atoms with van der Waals surface area (Å²) in [4.78, 5) is 29.7. The van der Waals surface area contributed by atoms with Crippen molar-refractivity contribution in [2.45, 2.75) is 50.0 Å². The first kappa shape index (κ1) is 20.6. The first-order valence-electron chi connectivity index (χ1n) is 10.7. The topological polar surface area (TPSA) is 49.9 Å². The maximum absolute atomic E-state index is 13.8. The molecule has 8 heteroatoms. The minimum atomic E-state index is -0.966. The van der Waals surface area contributed by atoms with E-state index >= 15 is 0 Å². The van der Waals surface area contributed by atoms with Gasteiger partial charge < -0.3 is 14.5 Å². The second kappa shape index (κ2) is 7.71. The summed E-state index contributed by atoms with van der Waals surface area (Å²) >= 11 is 6.16. The van der Waals surface area contributed by atoms with Crippen molar-refractivity contribution < 1.29 is 23.1 Å². The molecular weight excluding hydrogens is 426 g/mol. The summed E-state index contributed by atoms with van der Waals surface area (Å²) in [5, 5.41) is 0.401. The summed E-state index contributed by atoms with van der Waals surface area (Å²) in [5.41, 5.74) is -0.521. The molecule has 3 atom stereocenters. The zero-order valence-electron chi connectivity index (χ0n) is 16.9. The fourth-order valence-electron chi connectivity index (χ4n) is 5.37. The number of carbonyl (C=O) groups excluding carboxylic acids is 2. The summed E-state index contributed by atoms with van der Waals surface area (Å²) in [6.45, 7) is 0.771. The number of fused-ring (bicyclic) bond motifs is 1. The van der Waals surface area contributed by atoms with Crippen LogP contribution in [0.1, 0.15) is 42.5 Å². The number of ether oxygens (including phenoxy) is 1. The fourth-order valence-corrected chi connectivity index (χ4v) is 5.59. The second-order valence-electron chi connectivity index (χ2n) is 8.71. The lowest BCUT2D eigenvalue weighted by Crippen LogP contribution is -2.53. The van der Waals surface area contributed by atoms with E-state index in [1.807, 2.05) is 0 Å². The van der Waals surface area contributed by atoms with Crippen LogP contribution in [-0.4, -0.2) is 52.6 Å². The Balaban J connectivity index is 1.29. The van der Waals surface area contributed by atoms with Crippen molar-refractivity contribution >= 4 is 23.4 Å². The van der Waals surface area contributed by atoms with Gasteiger partial charge in [-0.1, -0.05) is 23.7 Å². The molecule has 3 heterocycles. The third-order valence-electron chi connectivity index (χ3n) is 6.92. The van der Waals surface area contributed by atoms with Crippen molar-refractivity contribution in [3.05, 3.63) is 58.7 Å². The summed E-state index contributed by atoms with van der Waals surface area (Å²) < 4.78 is 33.8. The molecule has 3 aliphatic heterocycles. The maximum atomic E-state index is 13.8. The standard InChI is InChI=1S/C23H23ClF2N2O3/c24-18-4-2-1-3-17(18)21(29)27-9-7-23(8-10-27)22(30)28-19(5-6-20(28)31-23)14-11-15(25)13-16(26)12-14/h1-4,11,13-14,19-20H,5-10,12H2/t14?,19-,20?/m0/s1. The van der Waals surface area contributed by atoms with Gasteiger partial charge in [0.25, 0.3) is 11.8 Å². The number of nitrogens with zero attached hydrogens (tertiary/aromatic N) is 2. The van der Waals surface area contributed by atoms with Crippen molar-refractivity contribution in [3.8, 4) is 0 Å². The molecule has 0 radical (unpaired) electrons. The van der Waals surface area contributed by atoms with Gasteiger partial charge in [-0.25, -0.2) is 8.78 Å². The summed E-state index contributed by atoms with van der Waals surface area (Å²) in [6, 6.07) is 6.64. The molecule has 4 aliphatic rings. The number of hydrogen-bond donors (Lipinski definition) is 0. The van der Waals surface area contributed by atoms with Gasteiger partial charge in [-0.3, -0.25) is 9.59 Å². The van der Waals surface area contributed by atoms with E-state index in [1.165, 1.54) is 6.08 Å². The molecule has 0 saturated carbocycles. The molecule has 0 bridgehead atoms. The molecule has 1 aromatic rings. The van der Waals surface area contributed by atoms with Crippen LogP contribution in [0.4, 0.5) is 8.78 Å². The zero-order valence-corrected chi connectivity index (χ0v) is 17.7. The van der Waals surface area contributed by atoms with Crippen LogP contribution in [0.3, 0.4) is 0 Å². The highest BCUT2D eigenvalue weighted by Crippen LogP contribution is 2.46. The highest BCUT2D eigenvalue weighted by Gasteiger charge is 2.58. The lowest BCUT2D eigenvalue weighted by Gasteiger charge is -2.38. The van der Waals surface area contributed by atoms with Gasteiger partial charge >= 0.3 is 0 Å². The minimum Gasteiger partial charge on any atom is -0.342 e. The molecule has 2 unspecified atom stereocenters. The van der Waals surface area contributed by atoms with Crippen molar-refractivity contribution in [1.29, 1.82) is 0 Å². The van der Waals surface area contributed by atoms with Crippen molar-refractivity contribution in [3.63, 3.8) is 0 Å². The molecule has 3 fully saturated rings. The number of carbonyl (C=O) groups is 2. The van der Waals surface area contributed by atoms with Crippen LogP contribution in [0.15, 0.2) is 48.1 Å². The van der Waals surface area contributed by atoms with Gasteiger partial charge in [0.05, 0.1) is 10.6 Å². The average molecular weight is 449 g/mol. The quantitative estimate of drug-likeness (QED) is 0.674. The van der Waals surface area contributed by atoms with Crippen LogP contribution in [0.5, 0.6) is 0 Å². The van der Waals surface area contributed by atoms with Gasteiger partial charge in [-0.05, 0) is 31.1 Å². The predicted molar refractivity (Wildman–Crippen MR) is 111 cm³/mol. The minimum absolute atomic E-state index is 0.0989. The van der Waals surface area contributed by atoms with Crippen molar-refractivity contribution in [2.75, 3.05) is 13.1 Å². The van der Waals surface area contributed by atoms with E-state index in [1.54, 1.807) is 34.1 Å². The van der Waals surface area contributed by atoms with Gasteiger partial charge in [0.1, 0.15) is 17.9 Å². The number of rotatable bonds is 2. The van der Waals surface area contributed by atoms with E-state index < -0.39 is 17.3 Å². The zero-order chi connectivity index (χ0) is 21.8. The Morgan fingerprint density at radius 2 is 1.90 bits per heavy atom. The van der Waals surface area contributed by atoms with Gasteiger partial charge in [0.15, 0.2) is 5.60 Å². The first-order valence-corrected chi connectivity index (χ1v) is 11.0. The Morgan fingerprint density at radius 1 is 1.16 bits per heavy atom. The molecule has 2 amide bonds. The third kappa shape index (κ3) is 3.48. The van der Waals surface area contributed by atoms with Crippen molar-refractivity contribution in [2.24, 2.45) is 5.92 Å². The summed E-state index contributed by atoms with van der Waals surface area (Å²) in [7, 11) is 0. The maximum Gasteiger partial charge on any atom is 0.257 e. The number of hydrogen-bond acceptors (Lipinski definition) is 3. The lowest BCUT2D eigenvalue weighted by atomic mass is 9.87. The van der Waals surface area contributed by atoms with E-state index in [2.05, 4.69) is 0 Å². The van der Waals surface area contributed by atoms with E-state index in [0.29, 0.717) is 49.4 Å².